The molecule has 4 nitrogen and oxygen atoms in total. The average molecular weight is 368 g/mol. The molecule has 0 atom stereocenters. The number of phenols is 1. The van der Waals surface area contributed by atoms with Crippen molar-refractivity contribution in [1.29, 1.82) is 0 Å². The number of benzene rings is 1. The summed E-state index contributed by atoms with van der Waals surface area (Å²) in [5.41, 5.74) is 1.77. The number of aryl methyl sites for hydroxylation is 1. The van der Waals surface area contributed by atoms with Crippen molar-refractivity contribution in [3.63, 3.8) is 0 Å². The summed E-state index contributed by atoms with van der Waals surface area (Å²) in [4.78, 5) is 12.3. The molecule has 0 unspecified atom stereocenters. The maximum absolute atomic E-state index is 12.3. The minimum atomic E-state index is -0.228. The van der Waals surface area contributed by atoms with Crippen molar-refractivity contribution in [2.75, 3.05) is 13.1 Å². The highest BCUT2D eigenvalue weighted by molar-refractivity contribution is 6.07. The molecule has 5 heteroatoms. The minimum absolute atomic E-state index is 0. The molecule has 25 heavy (non-hydrogen) atoms. The molecule has 1 heterocycles. The molecule has 0 aliphatic rings. The molecule has 2 N–H and O–H groups in total. The van der Waals surface area contributed by atoms with Gasteiger partial charge in [-0.25, -0.2) is 0 Å². The minimum Gasteiger partial charge on any atom is -0.507 e. The van der Waals surface area contributed by atoms with Crippen molar-refractivity contribution < 1.29 is 14.3 Å². The van der Waals surface area contributed by atoms with Crippen molar-refractivity contribution in [2.45, 2.75) is 47.0 Å². The SMILES string of the molecule is CCNCC.Cc1cc(C(=O)c2ccco2)cc(C(C)(C)C)c1O.Cl. The Labute approximate surface area is 157 Å². The Hall–Kier alpha value is -1.78. The van der Waals surface area contributed by atoms with Crippen LogP contribution in [0.25, 0.3) is 0 Å². The van der Waals surface area contributed by atoms with Crippen LogP contribution in [0.3, 0.4) is 0 Å². The van der Waals surface area contributed by atoms with Gasteiger partial charge in [0.15, 0.2) is 5.76 Å². The predicted octanol–water partition coefficient (Wildman–Crippen LogP) is 4.86. The van der Waals surface area contributed by atoms with E-state index in [9.17, 15) is 9.90 Å². The van der Waals surface area contributed by atoms with Gasteiger partial charge in [0, 0.05) is 11.1 Å². The normalized spacial score (nSPS) is 10.5. The van der Waals surface area contributed by atoms with Gasteiger partial charge in [-0.2, -0.15) is 0 Å². The van der Waals surface area contributed by atoms with E-state index in [0.29, 0.717) is 16.9 Å². The van der Waals surface area contributed by atoms with Crippen LogP contribution >= 0.6 is 12.4 Å². The third-order valence-corrected chi connectivity index (χ3v) is 3.62. The van der Waals surface area contributed by atoms with Crippen LogP contribution in [-0.4, -0.2) is 24.0 Å². The van der Waals surface area contributed by atoms with Gasteiger partial charge < -0.3 is 14.8 Å². The highest BCUT2D eigenvalue weighted by Crippen LogP contribution is 2.34. The fourth-order valence-electron chi connectivity index (χ4n) is 2.28. The van der Waals surface area contributed by atoms with Gasteiger partial charge in [0.1, 0.15) is 5.75 Å². The second-order valence-electron chi connectivity index (χ2n) is 6.70. The maximum Gasteiger partial charge on any atom is 0.228 e. The van der Waals surface area contributed by atoms with Gasteiger partial charge in [0.25, 0.3) is 0 Å². The third-order valence-electron chi connectivity index (χ3n) is 3.62. The first kappa shape index (κ1) is 23.2. The molecule has 0 saturated heterocycles. The molecule has 0 saturated carbocycles. The Morgan fingerprint density at radius 1 is 1.20 bits per heavy atom. The largest absolute Gasteiger partial charge is 0.507 e. The first-order chi connectivity index (χ1) is 11.2. The molecular weight excluding hydrogens is 338 g/mol. The molecule has 2 rings (SSSR count). The number of carbonyl (C=O) groups excluding carboxylic acids is 1. The van der Waals surface area contributed by atoms with Gasteiger partial charge in [-0.3, -0.25) is 4.79 Å². The van der Waals surface area contributed by atoms with E-state index in [4.69, 9.17) is 4.42 Å². The Morgan fingerprint density at radius 3 is 2.20 bits per heavy atom. The van der Waals surface area contributed by atoms with Crippen molar-refractivity contribution in [2.24, 2.45) is 0 Å². The van der Waals surface area contributed by atoms with Gasteiger partial charge in [0.05, 0.1) is 6.26 Å². The third kappa shape index (κ3) is 6.56. The molecule has 1 aromatic heterocycles. The lowest BCUT2D eigenvalue weighted by atomic mass is 9.83. The van der Waals surface area contributed by atoms with Gasteiger partial charge in [-0.1, -0.05) is 34.6 Å². The first-order valence-corrected chi connectivity index (χ1v) is 8.35. The second kappa shape index (κ2) is 10.3. The quantitative estimate of drug-likeness (QED) is 0.757. The van der Waals surface area contributed by atoms with Gasteiger partial charge in [0.2, 0.25) is 5.78 Å². The van der Waals surface area contributed by atoms with Gasteiger partial charge in [-0.15, -0.1) is 12.4 Å². The summed E-state index contributed by atoms with van der Waals surface area (Å²) in [5, 5.41) is 13.2. The number of hydrogen-bond acceptors (Lipinski definition) is 4. The summed E-state index contributed by atoms with van der Waals surface area (Å²) < 4.78 is 5.13. The molecule has 0 radical (unpaired) electrons. The Bertz CT molecular complexity index is 656. The lowest BCUT2D eigenvalue weighted by Gasteiger charge is -2.22. The molecule has 140 valence electrons. The Morgan fingerprint density at radius 2 is 1.80 bits per heavy atom. The average Bonchev–Trinajstić information content (AvgIpc) is 3.03. The van der Waals surface area contributed by atoms with E-state index < -0.39 is 0 Å². The van der Waals surface area contributed by atoms with Crippen LogP contribution < -0.4 is 5.32 Å². The maximum atomic E-state index is 12.3. The highest BCUT2D eigenvalue weighted by Gasteiger charge is 2.22. The number of aromatic hydroxyl groups is 1. The molecule has 0 bridgehead atoms. The van der Waals surface area contributed by atoms with Crippen LogP contribution in [0.4, 0.5) is 0 Å². The van der Waals surface area contributed by atoms with E-state index in [1.54, 1.807) is 31.2 Å². The number of nitrogens with one attached hydrogen (secondary N) is 1. The predicted molar refractivity (Wildman–Crippen MR) is 105 cm³/mol. The number of rotatable bonds is 4. The number of ketones is 1. The second-order valence-corrected chi connectivity index (χ2v) is 6.70. The topological polar surface area (TPSA) is 62.5 Å². The summed E-state index contributed by atoms with van der Waals surface area (Å²) >= 11 is 0. The number of hydrogen-bond donors (Lipinski definition) is 2. The fraction of sp³-hybridized carbons (Fsp3) is 0.450. The van der Waals surface area contributed by atoms with Crippen molar-refractivity contribution in [3.8, 4) is 5.75 Å². The summed E-state index contributed by atoms with van der Waals surface area (Å²) in [6, 6.07) is 6.76. The zero-order chi connectivity index (χ0) is 18.3. The Balaban J connectivity index is 0.000000848. The summed E-state index contributed by atoms with van der Waals surface area (Å²) in [7, 11) is 0. The molecule has 0 spiro atoms. The molecule has 2 aromatic rings. The molecule has 0 fully saturated rings. The molecule has 1 aromatic carbocycles. The lowest BCUT2D eigenvalue weighted by Crippen LogP contribution is -2.13. The molecular formula is C20H30ClNO3. The molecule has 0 aliphatic carbocycles. The number of phenolic OH excluding ortho intramolecular Hbond substituents is 1. The van der Waals surface area contributed by atoms with Crippen LogP contribution in [0.5, 0.6) is 5.75 Å². The fourth-order valence-corrected chi connectivity index (χ4v) is 2.28. The Kier molecular flexibility index (Phi) is 9.53. The van der Waals surface area contributed by atoms with E-state index in [0.717, 1.165) is 18.7 Å². The zero-order valence-corrected chi connectivity index (χ0v) is 16.8. The van der Waals surface area contributed by atoms with Crippen molar-refractivity contribution >= 4 is 18.2 Å². The monoisotopic (exact) mass is 367 g/mol. The van der Waals surface area contributed by atoms with E-state index in [2.05, 4.69) is 19.2 Å². The number of furan rings is 1. The van der Waals surface area contributed by atoms with E-state index in [-0.39, 0.29) is 29.4 Å². The summed E-state index contributed by atoms with van der Waals surface area (Å²) in [5.74, 6) is 0.395. The van der Waals surface area contributed by atoms with E-state index >= 15 is 0 Å². The highest BCUT2D eigenvalue weighted by atomic mass is 35.5. The van der Waals surface area contributed by atoms with Gasteiger partial charge >= 0.3 is 0 Å². The van der Waals surface area contributed by atoms with Crippen LogP contribution in [0.2, 0.25) is 0 Å². The van der Waals surface area contributed by atoms with Crippen LogP contribution in [0.15, 0.2) is 34.9 Å². The zero-order valence-electron chi connectivity index (χ0n) is 16.0. The lowest BCUT2D eigenvalue weighted by molar-refractivity contribution is 0.101. The van der Waals surface area contributed by atoms with Gasteiger partial charge in [-0.05, 0) is 55.3 Å². The summed E-state index contributed by atoms with van der Waals surface area (Å²) in [6.45, 7) is 14.2. The standard InChI is InChI=1S/C16H18O3.C4H11N.ClH/c1-10-8-11(15(18)13-6-5-7-19-13)9-12(14(10)17)16(2,3)4;1-3-5-4-2;/h5-9,17H,1-4H3;5H,3-4H2,1-2H3;1H. The van der Waals surface area contributed by atoms with Crippen LogP contribution in [-0.2, 0) is 5.41 Å². The van der Waals surface area contributed by atoms with E-state index in [1.807, 2.05) is 20.8 Å². The van der Waals surface area contributed by atoms with E-state index in [1.165, 1.54) is 6.26 Å². The van der Waals surface area contributed by atoms with Crippen molar-refractivity contribution in [3.05, 3.63) is 53.0 Å². The summed E-state index contributed by atoms with van der Waals surface area (Å²) in [6.07, 6.45) is 1.48. The number of carbonyl (C=O) groups is 1. The van der Waals surface area contributed by atoms with Crippen LogP contribution in [0.1, 0.15) is 61.9 Å². The first-order valence-electron chi connectivity index (χ1n) is 8.35. The van der Waals surface area contributed by atoms with Crippen LogP contribution in [0, 0.1) is 6.92 Å². The number of halogens is 1. The van der Waals surface area contributed by atoms with Crippen molar-refractivity contribution in [1.82, 2.24) is 5.32 Å². The smallest absolute Gasteiger partial charge is 0.228 e. The molecule has 0 amide bonds. The molecule has 0 aliphatic heterocycles.